The molecule has 1 atom stereocenters. The van der Waals surface area contributed by atoms with Gasteiger partial charge < -0.3 is 24.3 Å². The maximum absolute atomic E-state index is 12.9. The molecule has 1 aromatic carbocycles. The summed E-state index contributed by atoms with van der Waals surface area (Å²) in [6, 6.07) is 7.06. The lowest BCUT2D eigenvalue weighted by molar-refractivity contribution is -0.131. The third kappa shape index (κ3) is 4.29. The fourth-order valence-corrected chi connectivity index (χ4v) is 3.42. The second kappa shape index (κ2) is 8.44. The van der Waals surface area contributed by atoms with Crippen molar-refractivity contribution in [2.45, 2.75) is 19.6 Å². The Hall–Kier alpha value is -3.20. The van der Waals surface area contributed by atoms with Crippen LogP contribution in [0.2, 0.25) is 0 Å². The molecule has 29 heavy (non-hydrogen) atoms. The SMILES string of the molecule is COCc1nc2cc(NC(C)C(=O)N3CCN(c4ncccn4)CC3)ccc2o1. The van der Waals surface area contributed by atoms with Gasteiger partial charge in [0.05, 0.1) is 0 Å². The highest BCUT2D eigenvalue weighted by Gasteiger charge is 2.26. The molecule has 1 amide bonds. The Bertz CT molecular complexity index is 969. The van der Waals surface area contributed by atoms with Crippen molar-refractivity contribution in [1.82, 2.24) is 19.9 Å². The average molecular weight is 396 g/mol. The van der Waals surface area contributed by atoms with Crippen LogP contribution in [0.1, 0.15) is 12.8 Å². The maximum Gasteiger partial charge on any atom is 0.244 e. The summed E-state index contributed by atoms with van der Waals surface area (Å²) in [5.41, 5.74) is 2.26. The van der Waals surface area contributed by atoms with Crippen LogP contribution in [0.25, 0.3) is 11.1 Å². The number of carbonyl (C=O) groups excluding carboxylic acids is 1. The van der Waals surface area contributed by atoms with Crippen LogP contribution in [0.3, 0.4) is 0 Å². The molecule has 0 saturated carbocycles. The Morgan fingerprint density at radius 1 is 1.24 bits per heavy atom. The number of aromatic nitrogens is 3. The largest absolute Gasteiger partial charge is 0.438 e. The van der Waals surface area contributed by atoms with Crippen molar-refractivity contribution >= 4 is 28.6 Å². The smallest absolute Gasteiger partial charge is 0.244 e. The first-order chi connectivity index (χ1) is 14.1. The van der Waals surface area contributed by atoms with Crippen molar-refractivity contribution in [2.75, 3.05) is 43.5 Å². The summed E-state index contributed by atoms with van der Waals surface area (Å²) >= 11 is 0. The number of piperazine rings is 1. The fourth-order valence-electron chi connectivity index (χ4n) is 3.42. The summed E-state index contributed by atoms with van der Waals surface area (Å²) in [5, 5.41) is 3.27. The molecule has 0 spiro atoms. The summed E-state index contributed by atoms with van der Waals surface area (Å²) in [6.07, 6.45) is 3.46. The highest BCUT2D eigenvalue weighted by molar-refractivity contribution is 5.85. The van der Waals surface area contributed by atoms with Gasteiger partial charge in [-0.2, -0.15) is 0 Å². The summed E-state index contributed by atoms with van der Waals surface area (Å²) in [7, 11) is 1.60. The standard InChI is InChI=1S/C20H24N6O3/c1-14(23-15-4-5-17-16(12-15)24-18(29-17)13-28-2)19(27)25-8-10-26(11-9-25)20-21-6-3-7-22-20/h3-7,12,14,23H,8-11,13H2,1-2H3. The number of anilines is 2. The minimum atomic E-state index is -0.350. The van der Waals surface area contributed by atoms with E-state index in [9.17, 15) is 4.79 Å². The zero-order valence-corrected chi connectivity index (χ0v) is 16.5. The predicted octanol–water partition coefficient (Wildman–Crippen LogP) is 1.91. The molecule has 4 rings (SSSR count). The molecule has 152 valence electrons. The number of fused-ring (bicyclic) bond motifs is 1. The highest BCUT2D eigenvalue weighted by Crippen LogP contribution is 2.21. The van der Waals surface area contributed by atoms with E-state index in [1.807, 2.05) is 30.0 Å². The van der Waals surface area contributed by atoms with Gasteiger partial charge in [-0.05, 0) is 31.2 Å². The van der Waals surface area contributed by atoms with Crippen molar-refractivity contribution in [3.63, 3.8) is 0 Å². The Morgan fingerprint density at radius 2 is 2.00 bits per heavy atom. The maximum atomic E-state index is 12.9. The van der Waals surface area contributed by atoms with Gasteiger partial charge in [-0.25, -0.2) is 15.0 Å². The lowest BCUT2D eigenvalue weighted by Gasteiger charge is -2.36. The number of hydrogen-bond donors (Lipinski definition) is 1. The van der Waals surface area contributed by atoms with Crippen LogP contribution in [-0.4, -0.2) is 65.1 Å². The van der Waals surface area contributed by atoms with Gasteiger partial charge in [-0.15, -0.1) is 0 Å². The quantitative estimate of drug-likeness (QED) is 0.675. The number of nitrogens with one attached hydrogen (secondary N) is 1. The number of nitrogens with zero attached hydrogens (tertiary/aromatic N) is 5. The van der Waals surface area contributed by atoms with Gasteiger partial charge in [-0.3, -0.25) is 4.79 Å². The van der Waals surface area contributed by atoms with Crippen LogP contribution in [0.4, 0.5) is 11.6 Å². The van der Waals surface area contributed by atoms with Crippen molar-refractivity contribution in [1.29, 1.82) is 0 Å². The molecule has 1 unspecified atom stereocenters. The first-order valence-electron chi connectivity index (χ1n) is 9.60. The van der Waals surface area contributed by atoms with E-state index in [4.69, 9.17) is 9.15 Å². The van der Waals surface area contributed by atoms with Gasteiger partial charge >= 0.3 is 0 Å². The topological polar surface area (TPSA) is 96.6 Å². The molecule has 9 heteroatoms. The number of oxazole rings is 1. The molecule has 0 radical (unpaired) electrons. The second-order valence-electron chi connectivity index (χ2n) is 6.95. The zero-order valence-electron chi connectivity index (χ0n) is 16.5. The molecule has 2 aromatic heterocycles. The van der Waals surface area contributed by atoms with Gasteiger partial charge in [0.2, 0.25) is 17.7 Å². The molecule has 0 bridgehead atoms. The van der Waals surface area contributed by atoms with Gasteiger partial charge in [0.25, 0.3) is 0 Å². The van der Waals surface area contributed by atoms with Gasteiger partial charge in [0.15, 0.2) is 5.58 Å². The third-order valence-corrected chi connectivity index (χ3v) is 4.88. The first-order valence-corrected chi connectivity index (χ1v) is 9.60. The Balaban J connectivity index is 1.35. The van der Waals surface area contributed by atoms with E-state index in [0.29, 0.717) is 37.1 Å². The van der Waals surface area contributed by atoms with Crippen LogP contribution in [-0.2, 0) is 16.1 Å². The molecule has 0 aliphatic carbocycles. The summed E-state index contributed by atoms with van der Waals surface area (Å²) < 4.78 is 10.7. The number of ether oxygens (including phenoxy) is 1. The van der Waals surface area contributed by atoms with E-state index in [2.05, 4.69) is 25.2 Å². The molecule has 9 nitrogen and oxygen atoms in total. The van der Waals surface area contributed by atoms with Gasteiger partial charge in [-0.1, -0.05) is 0 Å². The molecule has 1 saturated heterocycles. The van der Waals surface area contributed by atoms with Crippen molar-refractivity contribution in [3.8, 4) is 0 Å². The van der Waals surface area contributed by atoms with Gasteiger partial charge in [0.1, 0.15) is 18.2 Å². The number of rotatable bonds is 6. The van der Waals surface area contributed by atoms with E-state index in [1.54, 1.807) is 25.6 Å². The number of carbonyl (C=O) groups is 1. The molecule has 3 aromatic rings. The number of amides is 1. The van der Waals surface area contributed by atoms with Crippen molar-refractivity contribution < 1.29 is 13.9 Å². The average Bonchev–Trinajstić information content (AvgIpc) is 3.16. The molecular formula is C20H24N6O3. The van der Waals surface area contributed by atoms with Crippen LogP contribution >= 0.6 is 0 Å². The van der Waals surface area contributed by atoms with Gasteiger partial charge in [0, 0.05) is 51.4 Å². The van der Waals surface area contributed by atoms with Crippen LogP contribution in [0.5, 0.6) is 0 Å². The van der Waals surface area contributed by atoms with Crippen molar-refractivity contribution in [3.05, 3.63) is 42.5 Å². The van der Waals surface area contributed by atoms with Crippen molar-refractivity contribution in [2.24, 2.45) is 0 Å². The minimum Gasteiger partial charge on any atom is -0.438 e. The Labute approximate surface area is 168 Å². The number of methoxy groups -OCH3 is 1. The van der Waals surface area contributed by atoms with E-state index < -0.39 is 0 Å². The minimum absolute atomic E-state index is 0.0685. The molecule has 1 aliphatic heterocycles. The second-order valence-corrected chi connectivity index (χ2v) is 6.95. The lowest BCUT2D eigenvalue weighted by Crippen LogP contribution is -2.52. The Kier molecular flexibility index (Phi) is 5.57. The summed E-state index contributed by atoms with van der Waals surface area (Å²) in [5.74, 6) is 1.31. The lowest BCUT2D eigenvalue weighted by atomic mass is 10.2. The van der Waals surface area contributed by atoms with Crippen LogP contribution in [0, 0.1) is 0 Å². The third-order valence-electron chi connectivity index (χ3n) is 4.88. The van der Waals surface area contributed by atoms with E-state index >= 15 is 0 Å². The molecular weight excluding hydrogens is 372 g/mol. The monoisotopic (exact) mass is 396 g/mol. The highest BCUT2D eigenvalue weighted by atomic mass is 16.5. The summed E-state index contributed by atoms with van der Waals surface area (Å²) in [4.78, 5) is 29.8. The predicted molar refractivity (Wildman–Crippen MR) is 109 cm³/mol. The zero-order chi connectivity index (χ0) is 20.2. The van der Waals surface area contributed by atoms with Crippen LogP contribution < -0.4 is 10.2 Å². The fraction of sp³-hybridized carbons (Fsp3) is 0.400. The summed E-state index contributed by atoms with van der Waals surface area (Å²) in [6.45, 7) is 4.92. The molecule has 1 fully saturated rings. The van der Waals surface area contributed by atoms with Crippen LogP contribution in [0.15, 0.2) is 41.1 Å². The first kappa shape index (κ1) is 19.1. The van der Waals surface area contributed by atoms with E-state index in [1.165, 1.54) is 0 Å². The Morgan fingerprint density at radius 3 is 2.72 bits per heavy atom. The van der Waals surface area contributed by atoms with E-state index in [-0.39, 0.29) is 11.9 Å². The number of hydrogen-bond acceptors (Lipinski definition) is 8. The van der Waals surface area contributed by atoms with E-state index in [0.717, 1.165) is 24.3 Å². The molecule has 1 N–H and O–H groups in total. The normalized spacial score (nSPS) is 15.5. The molecule has 1 aliphatic rings. The number of benzene rings is 1. The molecule has 3 heterocycles.